The highest BCUT2D eigenvalue weighted by atomic mass is 16.5. The number of esters is 1. The Kier molecular flexibility index (Phi) is 8.57. The first kappa shape index (κ1) is 17.9. The molecule has 0 unspecified atom stereocenters. The van der Waals surface area contributed by atoms with Crippen LogP contribution in [-0.4, -0.2) is 31.3 Å². The number of aryl methyl sites for hydroxylation is 1. The van der Waals surface area contributed by atoms with Gasteiger partial charge in [-0.3, -0.25) is 14.4 Å². The number of benzene rings is 1. The van der Waals surface area contributed by atoms with E-state index in [4.69, 9.17) is 0 Å². The van der Waals surface area contributed by atoms with Gasteiger partial charge < -0.3 is 10.1 Å². The largest absolute Gasteiger partial charge is 0.469 e. The average molecular weight is 305 g/mol. The number of carbonyl (C=O) groups is 3. The fourth-order valence-electron chi connectivity index (χ4n) is 2.01. The molecule has 0 aromatic heterocycles. The Morgan fingerprint density at radius 1 is 1.00 bits per heavy atom. The van der Waals surface area contributed by atoms with E-state index in [-0.39, 0.29) is 18.8 Å². The molecule has 0 aliphatic carbocycles. The van der Waals surface area contributed by atoms with Gasteiger partial charge in [-0.15, -0.1) is 0 Å². The molecule has 5 heteroatoms. The third-order valence-corrected chi connectivity index (χ3v) is 3.29. The van der Waals surface area contributed by atoms with E-state index in [1.165, 1.54) is 12.7 Å². The predicted molar refractivity (Wildman–Crippen MR) is 83.3 cm³/mol. The lowest BCUT2D eigenvalue weighted by Gasteiger charge is -2.04. The summed E-state index contributed by atoms with van der Waals surface area (Å²) in [5.41, 5.74) is 1.24. The van der Waals surface area contributed by atoms with Crippen molar-refractivity contribution in [1.82, 2.24) is 5.32 Å². The second kappa shape index (κ2) is 10.5. The normalized spacial score (nSPS) is 10.0. The SMILES string of the molecule is COC(=O)CCCNC(=O)C(=O)CCCCc1ccccc1. The lowest BCUT2D eigenvalue weighted by atomic mass is 10.1. The molecule has 1 rings (SSSR count). The number of hydrogen-bond donors (Lipinski definition) is 1. The van der Waals surface area contributed by atoms with Gasteiger partial charge in [0, 0.05) is 19.4 Å². The first-order valence-corrected chi connectivity index (χ1v) is 7.55. The molecule has 120 valence electrons. The number of nitrogens with one attached hydrogen (secondary N) is 1. The van der Waals surface area contributed by atoms with E-state index in [1.807, 2.05) is 18.2 Å². The molecular weight excluding hydrogens is 282 g/mol. The molecule has 5 nitrogen and oxygen atoms in total. The van der Waals surface area contributed by atoms with Gasteiger partial charge in [0.15, 0.2) is 0 Å². The quantitative estimate of drug-likeness (QED) is 0.408. The molecule has 0 bridgehead atoms. The summed E-state index contributed by atoms with van der Waals surface area (Å²) in [4.78, 5) is 34.1. The summed E-state index contributed by atoms with van der Waals surface area (Å²) in [6.45, 7) is 0.309. The van der Waals surface area contributed by atoms with Crippen LogP contribution in [0.25, 0.3) is 0 Å². The molecule has 22 heavy (non-hydrogen) atoms. The third kappa shape index (κ3) is 7.57. The average Bonchev–Trinajstić information content (AvgIpc) is 2.55. The summed E-state index contributed by atoms with van der Waals surface area (Å²) >= 11 is 0. The zero-order valence-corrected chi connectivity index (χ0v) is 13.0. The van der Waals surface area contributed by atoms with E-state index in [1.54, 1.807) is 0 Å². The van der Waals surface area contributed by atoms with Crippen LogP contribution in [0.2, 0.25) is 0 Å². The van der Waals surface area contributed by atoms with E-state index in [2.05, 4.69) is 22.2 Å². The number of carbonyl (C=O) groups excluding carboxylic acids is 3. The van der Waals surface area contributed by atoms with E-state index in [0.717, 1.165) is 12.8 Å². The summed E-state index contributed by atoms with van der Waals surface area (Å²) < 4.78 is 4.49. The molecule has 1 amide bonds. The van der Waals surface area contributed by atoms with Gasteiger partial charge in [-0.1, -0.05) is 30.3 Å². The minimum Gasteiger partial charge on any atom is -0.469 e. The number of methoxy groups -OCH3 is 1. The zero-order chi connectivity index (χ0) is 16.2. The highest BCUT2D eigenvalue weighted by molar-refractivity contribution is 6.36. The molecule has 0 atom stereocenters. The highest BCUT2D eigenvalue weighted by Crippen LogP contribution is 2.06. The van der Waals surface area contributed by atoms with Gasteiger partial charge >= 0.3 is 5.97 Å². The van der Waals surface area contributed by atoms with E-state index in [0.29, 0.717) is 19.4 Å². The zero-order valence-electron chi connectivity index (χ0n) is 13.0. The van der Waals surface area contributed by atoms with Crippen molar-refractivity contribution in [3.8, 4) is 0 Å². The van der Waals surface area contributed by atoms with Crippen LogP contribution in [0.15, 0.2) is 30.3 Å². The fourth-order valence-corrected chi connectivity index (χ4v) is 2.01. The molecule has 0 saturated carbocycles. The molecule has 0 fully saturated rings. The topological polar surface area (TPSA) is 72.5 Å². The van der Waals surface area contributed by atoms with Crippen molar-refractivity contribution in [1.29, 1.82) is 0 Å². The van der Waals surface area contributed by atoms with Crippen molar-refractivity contribution in [3.05, 3.63) is 35.9 Å². The minimum atomic E-state index is -0.565. The van der Waals surface area contributed by atoms with Gasteiger partial charge in [0.05, 0.1) is 7.11 Å². The maximum Gasteiger partial charge on any atom is 0.305 e. The van der Waals surface area contributed by atoms with Gasteiger partial charge in [-0.2, -0.15) is 0 Å². The second-order valence-electron chi connectivity index (χ2n) is 5.05. The monoisotopic (exact) mass is 305 g/mol. The first-order chi connectivity index (χ1) is 10.6. The van der Waals surface area contributed by atoms with Crippen molar-refractivity contribution in [2.45, 2.75) is 38.5 Å². The van der Waals surface area contributed by atoms with Crippen LogP contribution in [0, 0.1) is 0 Å². The molecule has 0 aliphatic rings. The smallest absolute Gasteiger partial charge is 0.305 e. The summed E-state index contributed by atoms with van der Waals surface area (Å²) in [5.74, 6) is -1.28. The Hall–Kier alpha value is -2.17. The van der Waals surface area contributed by atoms with Crippen LogP contribution in [0.1, 0.15) is 37.7 Å². The Balaban J connectivity index is 2.08. The van der Waals surface area contributed by atoms with Crippen LogP contribution < -0.4 is 5.32 Å². The van der Waals surface area contributed by atoms with Gasteiger partial charge in [0.2, 0.25) is 5.78 Å². The predicted octanol–water partition coefficient (Wildman–Crippen LogP) is 2.04. The van der Waals surface area contributed by atoms with Gasteiger partial charge in [0.25, 0.3) is 5.91 Å². The van der Waals surface area contributed by atoms with Gasteiger partial charge in [0.1, 0.15) is 0 Å². The number of unbranched alkanes of at least 4 members (excludes halogenated alkanes) is 1. The second-order valence-corrected chi connectivity index (χ2v) is 5.05. The number of ether oxygens (including phenoxy) is 1. The summed E-state index contributed by atoms with van der Waals surface area (Å²) in [6.07, 6.45) is 3.46. The van der Waals surface area contributed by atoms with Crippen molar-refractivity contribution in [2.75, 3.05) is 13.7 Å². The standard InChI is InChI=1S/C17H23NO4/c1-22-16(20)12-7-13-18-17(21)15(19)11-6-5-10-14-8-3-2-4-9-14/h2-4,8-9H,5-7,10-13H2,1H3,(H,18,21). The Bertz CT molecular complexity index is 485. The maximum absolute atomic E-state index is 11.6. The van der Waals surface area contributed by atoms with Gasteiger partial charge in [-0.05, 0) is 31.2 Å². The van der Waals surface area contributed by atoms with Crippen molar-refractivity contribution < 1.29 is 19.1 Å². The van der Waals surface area contributed by atoms with Crippen molar-refractivity contribution in [3.63, 3.8) is 0 Å². The lowest BCUT2D eigenvalue weighted by Crippen LogP contribution is -2.31. The fraction of sp³-hybridized carbons (Fsp3) is 0.471. The van der Waals surface area contributed by atoms with Gasteiger partial charge in [-0.25, -0.2) is 0 Å². The molecule has 1 N–H and O–H groups in total. The summed E-state index contributed by atoms with van der Waals surface area (Å²) in [6, 6.07) is 10.0. The maximum atomic E-state index is 11.6. The minimum absolute atomic E-state index is 0.238. The first-order valence-electron chi connectivity index (χ1n) is 7.55. The van der Waals surface area contributed by atoms with Crippen molar-refractivity contribution >= 4 is 17.7 Å². The third-order valence-electron chi connectivity index (χ3n) is 3.29. The summed E-state index contributed by atoms with van der Waals surface area (Å²) in [5, 5.41) is 2.52. The van der Waals surface area contributed by atoms with E-state index in [9.17, 15) is 14.4 Å². The lowest BCUT2D eigenvalue weighted by molar-refractivity contribution is -0.141. The van der Waals surface area contributed by atoms with Crippen LogP contribution >= 0.6 is 0 Å². The van der Waals surface area contributed by atoms with Crippen molar-refractivity contribution in [2.24, 2.45) is 0 Å². The van der Waals surface area contributed by atoms with E-state index >= 15 is 0 Å². The molecule has 0 heterocycles. The molecule has 1 aromatic carbocycles. The Morgan fingerprint density at radius 2 is 1.73 bits per heavy atom. The number of rotatable bonds is 10. The van der Waals surface area contributed by atoms with Crippen LogP contribution in [-0.2, 0) is 25.5 Å². The van der Waals surface area contributed by atoms with Crippen LogP contribution in [0.4, 0.5) is 0 Å². The number of amides is 1. The molecule has 1 aromatic rings. The molecular formula is C17H23NO4. The Morgan fingerprint density at radius 3 is 2.41 bits per heavy atom. The highest BCUT2D eigenvalue weighted by Gasteiger charge is 2.12. The molecule has 0 saturated heterocycles. The molecule has 0 aliphatic heterocycles. The number of Topliss-reactive ketones (excluding diaryl/α,β-unsaturated/α-hetero) is 1. The van der Waals surface area contributed by atoms with Crippen LogP contribution in [0.3, 0.4) is 0 Å². The molecule has 0 radical (unpaired) electrons. The van der Waals surface area contributed by atoms with Crippen LogP contribution in [0.5, 0.6) is 0 Å². The van der Waals surface area contributed by atoms with E-state index < -0.39 is 11.7 Å². The Labute approximate surface area is 131 Å². The summed E-state index contributed by atoms with van der Waals surface area (Å²) in [7, 11) is 1.32. The number of hydrogen-bond acceptors (Lipinski definition) is 4. The molecule has 0 spiro atoms. The number of ketones is 1.